The van der Waals surface area contributed by atoms with Crippen molar-refractivity contribution in [2.45, 2.75) is 68.2 Å². The number of carbonyl (C=O) groups excluding carboxylic acids is 4. The molecule has 1 heterocycles. The van der Waals surface area contributed by atoms with Crippen LogP contribution in [0.5, 0.6) is 11.5 Å². The van der Waals surface area contributed by atoms with Crippen LogP contribution in [0.15, 0.2) is 76.5 Å². The van der Waals surface area contributed by atoms with Crippen molar-refractivity contribution in [2.24, 2.45) is 5.41 Å². The van der Waals surface area contributed by atoms with Gasteiger partial charge in [0, 0.05) is 10.6 Å². The fraction of sp³-hybridized carbons (Fsp3) is 0.361. The van der Waals surface area contributed by atoms with E-state index in [1.54, 1.807) is 17.0 Å². The highest BCUT2D eigenvalue weighted by atomic mass is 32.2. The number of aliphatic carboxylic acids is 1. The molecule has 260 valence electrons. The molecule has 0 saturated carbocycles. The Morgan fingerprint density at radius 3 is 2.22 bits per heavy atom. The van der Waals surface area contributed by atoms with E-state index in [1.165, 1.54) is 36.0 Å². The summed E-state index contributed by atoms with van der Waals surface area (Å²) in [6.07, 6.45) is 5.82. The van der Waals surface area contributed by atoms with Crippen molar-refractivity contribution in [1.29, 1.82) is 0 Å². The van der Waals surface area contributed by atoms with E-state index < -0.39 is 42.4 Å². The molecule has 13 heteroatoms. The Morgan fingerprint density at radius 2 is 1.63 bits per heavy atom. The zero-order chi connectivity index (χ0) is 35.6. The fourth-order valence-corrected chi connectivity index (χ4v) is 7.23. The van der Waals surface area contributed by atoms with Crippen molar-refractivity contribution in [2.75, 3.05) is 24.3 Å². The van der Waals surface area contributed by atoms with E-state index in [0.29, 0.717) is 45.3 Å². The largest absolute Gasteiger partial charge is 0.508 e. The topological polar surface area (TPSA) is 162 Å². The molecule has 0 unspecified atom stereocenters. The standard InChI is InChI=1S/C36H41N3O8S2/c1-4-6-17-36(18-7-5-2)34(45)39(24-11-9-8-10-12-24)26-19-29(48-3)27(20-28(26)49-35(36)46)47-22-30(41)38-32(33(44)37-21-31(42)43)23-13-15-25(40)16-14-23/h8-16,19-20,32,40H,4-7,17-18,21-22H2,1-3H3,(H,37,44)(H,38,41)(H,42,43)/t32-/m1/s1. The molecule has 1 aliphatic heterocycles. The van der Waals surface area contributed by atoms with Crippen molar-refractivity contribution in [3.63, 3.8) is 0 Å². The van der Waals surface area contributed by atoms with E-state index in [0.717, 1.165) is 37.4 Å². The lowest BCUT2D eigenvalue weighted by Gasteiger charge is -2.34. The minimum absolute atomic E-state index is 0.0484. The number of amides is 3. The maximum absolute atomic E-state index is 14.7. The number of carbonyl (C=O) groups is 5. The van der Waals surface area contributed by atoms with Gasteiger partial charge in [0.05, 0.1) is 10.6 Å². The van der Waals surface area contributed by atoms with Gasteiger partial charge in [-0.2, -0.15) is 0 Å². The monoisotopic (exact) mass is 707 g/mol. The summed E-state index contributed by atoms with van der Waals surface area (Å²) in [7, 11) is 0. The smallest absolute Gasteiger partial charge is 0.322 e. The van der Waals surface area contributed by atoms with Crippen LogP contribution in [-0.4, -0.2) is 58.4 Å². The molecule has 0 aliphatic carbocycles. The predicted molar refractivity (Wildman–Crippen MR) is 189 cm³/mol. The minimum atomic E-state index is -1.26. The summed E-state index contributed by atoms with van der Waals surface area (Å²) in [6.45, 7) is 2.92. The molecule has 0 bridgehead atoms. The third-order valence-electron chi connectivity index (χ3n) is 8.19. The molecule has 0 saturated heterocycles. The molecule has 4 N–H and O–H groups in total. The molecular formula is C36H41N3O8S2. The molecule has 49 heavy (non-hydrogen) atoms. The summed E-state index contributed by atoms with van der Waals surface area (Å²) in [5.41, 5.74) is 0.297. The number of unbranched alkanes of at least 4 members (excludes halogenated alkanes) is 2. The SMILES string of the molecule is CCCCC1(CCCC)C(=O)Sc2cc(OCC(=O)N[C@@H](C(=O)NCC(=O)O)c3ccc(O)cc3)c(SC)cc2N(c2ccccc2)C1=O. The predicted octanol–water partition coefficient (Wildman–Crippen LogP) is 6.22. The molecule has 11 nitrogen and oxygen atoms in total. The number of rotatable bonds is 16. The molecular weight excluding hydrogens is 667 g/mol. The van der Waals surface area contributed by atoms with E-state index in [4.69, 9.17) is 9.84 Å². The lowest BCUT2D eigenvalue weighted by Crippen LogP contribution is -2.45. The first kappa shape index (κ1) is 37.3. The van der Waals surface area contributed by atoms with Crippen molar-refractivity contribution in [3.8, 4) is 11.5 Å². The van der Waals surface area contributed by atoms with Crippen molar-refractivity contribution in [1.82, 2.24) is 10.6 Å². The van der Waals surface area contributed by atoms with Gasteiger partial charge in [0.2, 0.25) is 16.9 Å². The highest BCUT2D eigenvalue weighted by molar-refractivity contribution is 8.14. The van der Waals surface area contributed by atoms with Crippen LogP contribution in [0.2, 0.25) is 0 Å². The van der Waals surface area contributed by atoms with Gasteiger partial charge in [-0.3, -0.25) is 28.9 Å². The Kier molecular flexibility index (Phi) is 13.1. The Labute approximate surface area is 294 Å². The first-order chi connectivity index (χ1) is 23.5. The lowest BCUT2D eigenvalue weighted by molar-refractivity contribution is -0.138. The van der Waals surface area contributed by atoms with Crippen LogP contribution >= 0.6 is 23.5 Å². The first-order valence-corrected chi connectivity index (χ1v) is 18.1. The number of nitrogens with zero attached hydrogens (tertiary/aromatic N) is 1. The number of aromatic hydroxyl groups is 1. The molecule has 1 aliphatic rings. The van der Waals surface area contributed by atoms with Crippen molar-refractivity contribution < 1.29 is 38.9 Å². The van der Waals surface area contributed by atoms with Gasteiger partial charge in [0.25, 0.3) is 5.91 Å². The van der Waals surface area contributed by atoms with Gasteiger partial charge in [0.15, 0.2) is 6.61 Å². The number of phenolic OH excluding ortho intramolecular Hbond substituents is 1. The molecule has 0 fully saturated rings. The number of nitrogens with one attached hydrogen (secondary N) is 2. The number of thioether (sulfide) groups is 2. The molecule has 0 radical (unpaired) electrons. The highest BCUT2D eigenvalue weighted by Crippen LogP contribution is 2.51. The Hall–Kier alpha value is -4.49. The maximum atomic E-state index is 14.7. The average Bonchev–Trinajstić information content (AvgIpc) is 3.18. The summed E-state index contributed by atoms with van der Waals surface area (Å²) in [4.78, 5) is 68.7. The lowest BCUT2D eigenvalue weighted by atomic mass is 9.77. The van der Waals surface area contributed by atoms with Crippen LogP contribution in [0.1, 0.15) is 64.0 Å². The number of phenols is 1. The third-order valence-corrected chi connectivity index (χ3v) is 10.1. The fourth-order valence-electron chi connectivity index (χ4n) is 5.58. The normalized spacial score (nSPS) is 14.4. The summed E-state index contributed by atoms with van der Waals surface area (Å²) >= 11 is 2.37. The number of benzene rings is 3. The molecule has 3 amide bonds. The van der Waals surface area contributed by atoms with Crippen molar-refractivity contribution in [3.05, 3.63) is 72.3 Å². The van der Waals surface area contributed by atoms with E-state index in [2.05, 4.69) is 10.6 Å². The maximum Gasteiger partial charge on any atom is 0.322 e. The second-order valence-electron chi connectivity index (χ2n) is 11.6. The number of carboxylic acids is 1. The molecule has 3 aromatic rings. The van der Waals surface area contributed by atoms with Gasteiger partial charge in [-0.05, 0) is 72.8 Å². The highest BCUT2D eigenvalue weighted by Gasteiger charge is 2.50. The zero-order valence-electron chi connectivity index (χ0n) is 27.7. The number of ether oxygens (including phenoxy) is 1. The Balaban J connectivity index is 1.67. The van der Waals surface area contributed by atoms with Crippen LogP contribution < -0.4 is 20.3 Å². The van der Waals surface area contributed by atoms with Gasteiger partial charge in [-0.25, -0.2) is 0 Å². The Bertz CT molecular complexity index is 1660. The third kappa shape index (κ3) is 8.95. The number of para-hydroxylation sites is 1. The Morgan fingerprint density at radius 1 is 0.980 bits per heavy atom. The van der Waals surface area contributed by atoms with E-state index in [-0.39, 0.29) is 16.8 Å². The number of carboxylic acid groups (broad SMARTS) is 1. The molecule has 0 spiro atoms. The van der Waals surface area contributed by atoms with Crippen LogP contribution in [-0.2, 0) is 24.0 Å². The van der Waals surface area contributed by atoms with Crippen molar-refractivity contribution >= 4 is 63.7 Å². The van der Waals surface area contributed by atoms with Gasteiger partial charge in [-0.1, -0.05) is 69.9 Å². The van der Waals surface area contributed by atoms with Crippen LogP contribution in [0.25, 0.3) is 0 Å². The molecule has 1 atom stereocenters. The number of hydrogen-bond acceptors (Lipinski definition) is 9. The summed E-state index contributed by atoms with van der Waals surface area (Å²) in [5, 5.41) is 23.3. The minimum Gasteiger partial charge on any atom is -0.508 e. The summed E-state index contributed by atoms with van der Waals surface area (Å²) in [6, 6.07) is 17.0. The van der Waals surface area contributed by atoms with Crippen LogP contribution in [0, 0.1) is 5.41 Å². The van der Waals surface area contributed by atoms with E-state index in [9.17, 15) is 29.1 Å². The molecule has 3 aromatic carbocycles. The second-order valence-corrected chi connectivity index (χ2v) is 13.5. The van der Waals surface area contributed by atoms with Gasteiger partial charge >= 0.3 is 5.97 Å². The summed E-state index contributed by atoms with van der Waals surface area (Å²) in [5.74, 6) is -2.67. The quantitative estimate of drug-likeness (QED) is 0.0994. The average molecular weight is 708 g/mol. The molecule has 0 aromatic heterocycles. The van der Waals surface area contributed by atoms with Crippen LogP contribution in [0.4, 0.5) is 11.4 Å². The van der Waals surface area contributed by atoms with Gasteiger partial charge in [0.1, 0.15) is 29.5 Å². The number of fused-ring (bicyclic) bond motifs is 1. The first-order valence-electron chi connectivity index (χ1n) is 16.1. The molecule has 4 rings (SSSR count). The second kappa shape index (κ2) is 17.3. The summed E-state index contributed by atoms with van der Waals surface area (Å²) < 4.78 is 5.99. The van der Waals surface area contributed by atoms with E-state index in [1.807, 2.05) is 50.4 Å². The van der Waals surface area contributed by atoms with Gasteiger partial charge in [-0.15, -0.1) is 11.8 Å². The van der Waals surface area contributed by atoms with Crippen LogP contribution in [0.3, 0.4) is 0 Å². The van der Waals surface area contributed by atoms with Gasteiger partial charge < -0.3 is 25.6 Å². The number of hydrogen-bond donors (Lipinski definition) is 4. The number of anilines is 2. The zero-order valence-corrected chi connectivity index (χ0v) is 29.3. The van der Waals surface area contributed by atoms with E-state index >= 15 is 0 Å².